The topological polar surface area (TPSA) is 170 Å². The first-order chi connectivity index (χ1) is 4.00. The molecule has 0 aromatic heterocycles. The maximum absolute atomic E-state index is 8.69. The first kappa shape index (κ1) is 23.7. The fraction of sp³-hybridized carbons (Fsp3) is 0. The molecule has 0 aliphatic rings. The van der Waals surface area contributed by atoms with E-state index in [1.807, 2.05) is 0 Å². The van der Waals surface area contributed by atoms with E-state index in [0.717, 1.165) is 0 Å². The summed E-state index contributed by atoms with van der Waals surface area (Å²) in [7, 11) is -10.5. The van der Waals surface area contributed by atoms with Gasteiger partial charge >= 0.3 is 66.2 Å². The zero-order chi connectivity index (χ0) is 9.00. The van der Waals surface area contributed by atoms with Gasteiger partial charge in [0.2, 0.25) is 0 Å². The predicted octanol–water partition coefficient (Wildman–Crippen LogP) is -6.60. The van der Waals surface area contributed by atoms with Crippen molar-refractivity contribution in [3.63, 3.8) is 0 Å². The van der Waals surface area contributed by atoms with E-state index in [9.17, 15) is 0 Å². The Labute approximate surface area is 121 Å². The summed E-state index contributed by atoms with van der Waals surface area (Å²) in [6.07, 6.45) is 0. The molecule has 0 amide bonds. The van der Waals surface area contributed by atoms with Gasteiger partial charge in [-0.2, -0.15) is 0 Å². The van der Waals surface area contributed by atoms with E-state index < -0.39 is 19.4 Å². The quantitative estimate of drug-likeness (QED) is 0.254. The van der Waals surface area contributed by atoms with Crippen LogP contribution in [-0.2, 0) is 10.4 Å². The average Bonchev–Trinajstić information content (AvgIpc) is 1.12. The second kappa shape index (κ2) is 9.58. The monoisotopic (exact) mass is 354 g/mol. The minimum atomic E-state index is -5.36. The number of rotatable bonds is 0. The molecule has 0 spiro atoms. The number of hydrogen-bond donors (Lipinski definition) is 1. The van der Waals surface area contributed by atoms with Crippen molar-refractivity contribution < 1.29 is 36.7 Å². The molecule has 0 heterocycles. The van der Waals surface area contributed by atoms with Crippen molar-refractivity contribution in [2.75, 3.05) is 0 Å². The molecule has 0 aliphatic heterocycles. The van der Waals surface area contributed by atoms with Gasteiger partial charge in [-0.3, -0.25) is 8.42 Å². The van der Waals surface area contributed by atoms with Gasteiger partial charge in [-0.25, -0.2) is 0 Å². The predicted molar refractivity (Wildman–Crippen MR) is 30.0 cm³/mol. The molecule has 1 N–H and O–H groups in total. The van der Waals surface area contributed by atoms with E-state index in [4.69, 9.17) is 36.7 Å². The third-order valence-corrected chi connectivity index (χ3v) is 0. The van der Waals surface area contributed by atoms with Crippen LogP contribution < -0.4 is 14.4 Å². The molecule has 0 aromatic carbocycles. The van der Waals surface area contributed by atoms with Gasteiger partial charge in [0.25, 0.3) is 0 Å². The third kappa shape index (κ3) is 355. The first-order valence-electron chi connectivity index (χ1n) is 1.50. The summed E-state index contributed by atoms with van der Waals surface area (Å²) in [6, 6.07) is 0. The zero-order valence-electron chi connectivity index (χ0n) is 5.50. The van der Waals surface area contributed by atoms with Crippen molar-refractivity contribution in [2.24, 2.45) is 0 Å². The Morgan fingerprint density at radius 2 is 1.08 bits per heavy atom. The molecule has 12 heteroatoms. The van der Waals surface area contributed by atoms with E-state index in [-0.39, 0.29) is 66.2 Å². The Balaban J connectivity index is -0.0000000457. The van der Waals surface area contributed by atoms with Gasteiger partial charge in [0.1, 0.15) is 0 Å². The van der Waals surface area contributed by atoms with Gasteiger partial charge in [0.15, 0.2) is 0 Å². The summed E-state index contributed by atoms with van der Waals surface area (Å²) in [4.78, 5) is 33.1. The Kier molecular flexibility index (Phi) is 18.9. The van der Waals surface area contributed by atoms with Gasteiger partial charge < -0.3 is 28.3 Å². The summed E-state index contributed by atoms with van der Waals surface area (Å²) >= 11 is 0. The van der Waals surface area contributed by atoms with Crippen molar-refractivity contribution in [3.05, 3.63) is 0 Å². The van der Waals surface area contributed by atoms with Crippen LogP contribution in [0.5, 0.6) is 0 Å². The van der Waals surface area contributed by atoms with Crippen LogP contribution in [-0.4, -0.2) is 97.6 Å². The Morgan fingerprint density at radius 3 is 1.08 bits per heavy atom. The summed E-state index contributed by atoms with van der Waals surface area (Å²) in [5.74, 6) is 0. The average molecular weight is 353 g/mol. The van der Waals surface area contributed by atoms with E-state index in [1.165, 1.54) is 0 Å². The molecular formula is HAlBaO8SSi. The Hall–Kier alpha value is 2.03. The fourth-order valence-corrected chi connectivity index (χ4v) is 0. The van der Waals surface area contributed by atoms with Gasteiger partial charge in [-0.05, 0) is 0 Å². The van der Waals surface area contributed by atoms with Crippen LogP contribution >= 0.6 is 0 Å². The normalized spacial score (nSPS) is 9.83. The van der Waals surface area contributed by atoms with Gasteiger partial charge in [0.05, 0.1) is 0 Å². The molecule has 0 radical (unpaired) electrons. The molecule has 0 fully saturated rings. The molecule has 8 nitrogen and oxygen atoms in total. The molecule has 0 rings (SSSR count). The molecule has 0 atom stereocenters. The van der Waals surface area contributed by atoms with Crippen LogP contribution in [0.25, 0.3) is 0 Å². The summed E-state index contributed by atoms with van der Waals surface area (Å²) in [5.41, 5.74) is 0. The molecule has 0 unspecified atom stereocenters. The molecule has 0 bridgehead atoms. The Bertz CT molecular complexity index is 154. The van der Waals surface area contributed by atoms with Crippen LogP contribution in [0.15, 0.2) is 0 Å². The minimum Gasteiger partial charge on any atom is -0.861 e. The molecule has 0 aliphatic carbocycles. The smallest absolute Gasteiger partial charge is 0.861 e. The van der Waals surface area contributed by atoms with Crippen LogP contribution in [0, 0.1) is 0 Å². The van der Waals surface area contributed by atoms with Crippen molar-refractivity contribution in [1.29, 1.82) is 0 Å². The van der Waals surface area contributed by atoms with Crippen molar-refractivity contribution in [1.82, 2.24) is 0 Å². The standard InChI is InChI=1S/Al.Ba.H2O4S.HO4Si/c;;2*1-5(2,3)4/h;;(H2,1,2,3,4);1H/q+3;+2;;-3/p-2. The third-order valence-electron chi connectivity index (χ3n) is 0. The van der Waals surface area contributed by atoms with E-state index in [1.54, 1.807) is 0 Å². The van der Waals surface area contributed by atoms with E-state index >= 15 is 0 Å². The van der Waals surface area contributed by atoms with E-state index in [0.29, 0.717) is 0 Å². The summed E-state index contributed by atoms with van der Waals surface area (Å²) in [5, 5.41) is 0. The molecule has 0 saturated heterocycles. The molecule has 64 valence electrons. The van der Waals surface area contributed by atoms with Gasteiger partial charge in [-0.15, -0.1) is 9.05 Å². The summed E-state index contributed by atoms with van der Waals surface area (Å²) < 4.78 is 34.1. The van der Waals surface area contributed by atoms with Crippen LogP contribution in [0.3, 0.4) is 0 Å². The van der Waals surface area contributed by atoms with Gasteiger partial charge in [0, 0.05) is 10.4 Å². The van der Waals surface area contributed by atoms with Gasteiger partial charge in [-0.1, -0.05) is 0 Å². The van der Waals surface area contributed by atoms with Crippen molar-refractivity contribution >= 4 is 85.7 Å². The fourth-order valence-electron chi connectivity index (χ4n) is 0. The number of hydrogen-bond acceptors (Lipinski definition) is 8. The molecule has 0 saturated carbocycles. The maximum atomic E-state index is 8.69. The minimum absolute atomic E-state index is 0. The van der Waals surface area contributed by atoms with Crippen molar-refractivity contribution in [2.45, 2.75) is 0 Å². The maximum Gasteiger partial charge on any atom is 3.00 e. The molecule has 12 heavy (non-hydrogen) atoms. The largest absolute Gasteiger partial charge is 3.00 e. The summed E-state index contributed by atoms with van der Waals surface area (Å²) in [6.45, 7) is 0. The van der Waals surface area contributed by atoms with Crippen LogP contribution in [0.4, 0.5) is 0 Å². The molecule has 0 aromatic rings. The zero-order valence-corrected chi connectivity index (χ0v) is 12.9. The van der Waals surface area contributed by atoms with Crippen LogP contribution in [0.1, 0.15) is 0 Å². The first-order valence-corrected chi connectivity index (χ1v) is 4.51. The second-order valence-electron chi connectivity index (χ2n) is 0.932. The van der Waals surface area contributed by atoms with Crippen LogP contribution in [0.2, 0.25) is 0 Å². The van der Waals surface area contributed by atoms with E-state index in [2.05, 4.69) is 0 Å². The Morgan fingerprint density at radius 1 is 1.08 bits per heavy atom. The SMILES string of the molecule is O=S(=O)([O-])[O-].[Al+3].[Ba+2].[O-][Si]([O-])([O-])O. The molecular weight excluding hydrogens is 352 g/mol. The second-order valence-corrected chi connectivity index (χ2v) is 2.80. The van der Waals surface area contributed by atoms with Crippen molar-refractivity contribution in [3.8, 4) is 0 Å².